The Morgan fingerprint density at radius 3 is 2.29 bits per heavy atom. The molecule has 0 aliphatic heterocycles. The molecule has 0 radical (unpaired) electrons. The van der Waals surface area contributed by atoms with E-state index in [0.29, 0.717) is 12.3 Å². The van der Waals surface area contributed by atoms with Gasteiger partial charge >= 0.3 is 0 Å². The van der Waals surface area contributed by atoms with Crippen molar-refractivity contribution < 1.29 is 4.39 Å². The van der Waals surface area contributed by atoms with Crippen LogP contribution in [-0.2, 0) is 0 Å². The Hall–Kier alpha value is -0.110. The highest BCUT2D eigenvalue weighted by Crippen LogP contribution is 2.36. The van der Waals surface area contributed by atoms with E-state index in [-0.39, 0.29) is 0 Å². The first-order chi connectivity index (χ1) is 6.67. The van der Waals surface area contributed by atoms with E-state index >= 15 is 0 Å². The maximum atomic E-state index is 14.3. The van der Waals surface area contributed by atoms with E-state index in [4.69, 9.17) is 0 Å². The van der Waals surface area contributed by atoms with Crippen LogP contribution < -0.4 is 5.32 Å². The topological polar surface area (TPSA) is 12.0 Å². The summed E-state index contributed by atoms with van der Waals surface area (Å²) in [6.45, 7) is 2.59. The van der Waals surface area contributed by atoms with E-state index in [0.717, 1.165) is 19.4 Å². The van der Waals surface area contributed by atoms with Crippen molar-refractivity contribution in [2.45, 2.75) is 57.5 Å². The third kappa shape index (κ3) is 3.56. The van der Waals surface area contributed by atoms with Crippen molar-refractivity contribution >= 4 is 0 Å². The van der Waals surface area contributed by atoms with Gasteiger partial charge < -0.3 is 5.32 Å². The highest BCUT2D eigenvalue weighted by atomic mass is 19.1. The van der Waals surface area contributed by atoms with Crippen molar-refractivity contribution in [2.75, 3.05) is 13.6 Å². The lowest BCUT2D eigenvalue weighted by Gasteiger charge is -2.29. The Morgan fingerprint density at radius 2 is 1.79 bits per heavy atom. The van der Waals surface area contributed by atoms with Crippen molar-refractivity contribution in [3.63, 3.8) is 0 Å². The molecule has 1 aliphatic rings. The molecule has 1 atom stereocenters. The number of hydrogen-bond donors (Lipinski definition) is 1. The van der Waals surface area contributed by atoms with Gasteiger partial charge in [0.1, 0.15) is 5.67 Å². The van der Waals surface area contributed by atoms with Gasteiger partial charge in [-0.1, -0.05) is 25.7 Å². The summed E-state index contributed by atoms with van der Waals surface area (Å²) in [5, 5.41) is 3.04. The van der Waals surface area contributed by atoms with E-state index in [1.54, 1.807) is 6.92 Å². The third-order valence-corrected chi connectivity index (χ3v) is 3.57. The summed E-state index contributed by atoms with van der Waals surface area (Å²) in [6, 6.07) is 0. The fourth-order valence-corrected chi connectivity index (χ4v) is 2.45. The maximum Gasteiger partial charge on any atom is 0.112 e. The van der Waals surface area contributed by atoms with Crippen LogP contribution in [0.5, 0.6) is 0 Å². The molecule has 0 saturated heterocycles. The van der Waals surface area contributed by atoms with Crippen LogP contribution in [0.3, 0.4) is 0 Å². The lowest BCUT2D eigenvalue weighted by molar-refractivity contribution is 0.0811. The molecule has 14 heavy (non-hydrogen) atoms. The molecule has 1 aliphatic carbocycles. The standard InChI is InChI=1S/C12H24FN/c1-12(13,9-10-14-2)11-7-5-3-4-6-8-11/h11,14H,3-10H2,1-2H3. The summed E-state index contributed by atoms with van der Waals surface area (Å²) >= 11 is 0. The van der Waals surface area contributed by atoms with E-state index in [1.165, 1.54) is 25.7 Å². The van der Waals surface area contributed by atoms with Crippen molar-refractivity contribution in [1.82, 2.24) is 5.32 Å². The molecule has 1 saturated carbocycles. The molecule has 1 N–H and O–H groups in total. The summed E-state index contributed by atoms with van der Waals surface area (Å²) in [6.07, 6.45) is 7.91. The second-order valence-corrected chi connectivity index (χ2v) is 4.82. The average molecular weight is 201 g/mol. The summed E-state index contributed by atoms with van der Waals surface area (Å²) in [7, 11) is 1.89. The molecule has 1 unspecified atom stereocenters. The molecular weight excluding hydrogens is 177 g/mol. The molecule has 0 spiro atoms. The van der Waals surface area contributed by atoms with Crippen molar-refractivity contribution in [3.05, 3.63) is 0 Å². The fraction of sp³-hybridized carbons (Fsp3) is 1.00. The van der Waals surface area contributed by atoms with Crippen LogP contribution in [-0.4, -0.2) is 19.3 Å². The van der Waals surface area contributed by atoms with Gasteiger partial charge in [0.15, 0.2) is 0 Å². The van der Waals surface area contributed by atoms with Gasteiger partial charge in [-0.2, -0.15) is 0 Å². The monoisotopic (exact) mass is 201 g/mol. The van der Waals surface area contributed by atoms with Crippen LogP contribution in [0.2, 0.25) is 0 Å². The van der Waals surface area contributed by atoms with E-state index in [1.807, 2.05) is 7.05 Å². The zero-order chi connectivity index (χ0) is 10.4. The van der Waals surface area contributed by atoms with Gasteiger partial charge in [0.2, 0.25) is 0 Å². The zero-order valence-electron chi connectivity index (χ0n) is 9.61. The predicted molar refractivity (Wildman–Crippen MR) is 59.2 cm³/mol. The Balaban J connectivity index is 2.41. The number of halogens is 1. The van der Waals surface area contributed by atoms with E-state index < -0.39 is 5.67 Å². The van der Waals surface area contributed by atoms with Crippen molar-refractivity contribution in [1.29, 1.82) is 0 Å². The number of alkyl halides is 1. The Labute approximate surface area is 87.5 Å². The lowest BCUT2D eigenvalue weighted by atomic mass is 9.82. The van der Waals surface area contributed by atoms with Gasteiger partial charge in [0, 0.05) is 0 Å². The quantitative estimate of drug-likeness (QED) is 0.688. The highest BCUT2D eigenvalue weighted by molar-refractivity contribution is 4.84. The zero-order valence-corrected chi connectivity index (χ0v) is 9.61. The number of hydrogen-bond acceptors (Lipinski definition) is 1. The van der Waals surface area contributed by atoms with Crippen LogP contribution in [0.4, 0.5) is 4.39 Å². The van der Waals surface area contributed by atoms with Gasteiger partial charge in [0.05, 0.1) is 0 Å². The highest BCUT2D eigenvalue weighted by Gasteiger charge is 2.33. The summed E-state index contributed by atoms with van der Waals surface area (Å²) < 4.78 is 14.3. The van der Waals surface area contributed by atoms with Gasteiger partial charge in [0.25, 0.3) is 0 Å². The van der Waals surface area contributed by atoms with Gasteiger partial charge in [-0.3, -0.25) is 0 Å². The third-order valence-electron chi connectivity index (χ3n) is 3.57. The largest absolute Gasteiger partial charge is 0.320 e. The minimum Gasteiger partial charge on any atom is -0.320 e. The smallest absolute Gasteiger partial charge is 0.112 e. The van der Waals surface area contributed by atoms with E-state index in [2.05, 4.69) is 5.32 Å². The Bertz CT molecular complexity index is 148. The molecule has 0 aromatic carbocycles. The molecule has 1 fully saturated rings. The Kier molecular flexibility index (Phi) is 4.86. The summed E-state index contributed by atoms with van der Waals surface area (Å²) in [4.78, 5) is 0. The Morgan fingerprint density at radius 1 is 1.21 bits per heavy atom. The molecular formula is C12H24FN. The van der Waals surface area contributed by atoms with Crippen molar-refractivity contribution in [2.24, 2.45) is 5.92 Å². The first-order valence-electron chi connectivity index (χ1n) is 6.00. The molecule has 0 aromatic heterocycles. The van der Waals surface area contributed by atoms with Gasteiger partial charge in [-0.05, 0) is 45.7 Å². The molecule has 84 valence electrons. The average Bonchev–Trinajstić information content (AvgIpc) is 2.43. The molecule has 0 heterocycles. The number of rotatable bonds is 4. The van der Waals surface area contributed by atoms with Crippen LogP contribution in [0.25, 0.3) is 0 Å². The molecule has 1 rings (SSSR count). The van der Waals surface area contributed by atoms with E-state index in [9.17, 15) is 4.39 Å². The van der Waals surface area contributed by atoms with Crippen LogP contribution in [0.15, 0.2) is 0 Å². The van der Waals surface area contributed by atoms with Gasteiger partial charge in [-0.25, -0.2) is 4.39 Å². The summed E-state index contributed by atoms with van der Waals surface area (Å²) in [5.41, 5.74) is -0.951. The van der Waals surface area contributed by atoms with Crippen molar-refractivity contribution in [3.8, 4) is 0 Å². The first kappa shape index (κ1) is 12.0. The van der Waals surface area contributed by atoms with Crippen LogP contribution in [0, 0.1) is 5.92 Å². The number of nitrogens with one attached hydrogen (secondary N) is 1. The second kappa shape index (κ2) is 5.69. The normalized spacial score (nSPS) is 24.2. The molecule has 2 heteroatoms. The minimum atomic E-state index is -0.951. The molecule has 0 amide bonds. The first-order valence-corrected chi connectivity index (χ1v) is 6.00. The molecule has 0 bridgehead atoms. The second-order valence-electron chi connectivity index (χ2n) is 4.82. The van der Waals surface area contributed by atoms with Crippen LogP contribution >= 0.6 is 0 Å². The molecule has 1 nitrogen and oxygen atoms in total. The fourth-order valence-electron chi connectivity index (χ4n) is 2.45. The van der Waals surface area contributed by atoms with Crippen LogP contribution in [0.1, 0.15) is 51.9 Å². The summed E-state index contributed by atoms with van der Waals surface area (Å²) in [5.74, 6) is 0.304. The maximum absolute atomic E-state index is 14.3. The molecule has 0 aromatic rings. The minimum absolute atomic E-state index is 0.304. The lowest BCUT2D eigenvalue weighted by Crippen LogP contribution is -2.32. The predicted octanol–water partition coefficient (Wildman–Crippen LogP) is 3.29. The van der Waals surface area contributed by atoms with Gasteiger partial charge in [-0.15, -0.1) is 0 Å². The SMILES string of the molecule is CNCCC(C)(F)C1CCCCCC1.